The second kappa shape index (κ2) is 7.70. The Morgan fingerprint density at radius 1 is 1.32 bits per heavy atom. The zero-order valence-corrected chi connectivity index (χ0v) is 15.4. The summed E-state index contributed by atoms with van der Waals surface area (Å²) in [5.74, 6) is 0. The van der Waals surface area contributed by atoms with E-state index in [2.05, 4.69) is 26.9 Å². The largest absolute Gasteiger partial charge is 0.383 e. The molecule has 0 saturated carbocycles. The summed E-state index contributed by atoms with van der Waals surface area (Å²) in [4.78, 5) is 9.81. The second-order valence-corrected chi connectivity index (χ2v) is 8.09. The molecule has 4 heterocycles. The summed E-state index contributed by atoms with van der Waals surface area (Å²) in [6.07, 6.45) is 6.99. The highest BCUT2D eigenvalue weighted by Gasteiger charge is 2.46. The minimum Gasteiger partial charge on any atom is -0.383 e. The van der Waals surface area contributed by atoms with E-state index in [0.717, 1.165) is 26.4 Å². The lowest BCUT2D eigenvalue weighted by molar-refractivity contribution is 0.0677. The molecule has 3 aliphatic heterocycles. The highest BCUT2D eigenvalue weighted by Crippen LogP contribution is 2.44. The Hall–Kier alpha value is -1.01. The molecule has 1 spiro atoms. The van der Waals surface area contributed by atoms with Crippen LogP contribution in [0.1, 0.15) is 31.4 Å². The van der Waals surface area contributed by atoms with Gasteiger partial charge in [-0.2, -0.15) is 0 Å². The first-order valence-electron chi connectivity index (χ1n) is 9.73. The van der Waals surface area contributed by atoms with Crippen LogP contribution < -0.4 is 0 Å². The molecule has 5 nitrogen and oxygen atoms in total. The van der Waals surface area contributed by atoms with Crippen molar-refractivity contribution in [1.82, 2.24) is 14.8 Å². The van der Waals surface area contributed by atoms with Crippen LogP contribution in [0.25, 0.3) is 0 Å². The number of hydrogen-bond acceptors (Lipinski definition) is 5. The van der Waals surface area contributed by atoms with Gasteiger partial charge in [0.1, 0.15) is 0 Å². The number of ether oxygens (including phenoxy) is 2. The Balaban J connectivity index is 1.39. The molecule has 3 aliphatic rings. The van der Waals surface area contributed by atoms with E-state index in [1.807, 2.05) is 19.4 Å². The average Bonchev–Trinajstić information content (AvgIpc) is 3.27. The van der Waals surface area contributed by atoms with Crippen molar-refractivity contribution in [1.29, 1.82) is 0 Å². The lowest BCUT2D eigenvalue weighted by atomic mass is 9.76. The molecule has 1 aromatic rings. The van der Waals surface area contributed by atoms with Crippen LogP contribution in [0.3, 0.4) is 0 Å². The predicted molar refractivity (Wildman–Crippen MR) is 97.4 cm³/mol. The van der Waals surface area contributed by atoms with Gasteiger partial charge in [-0.3, -0.25) is 14.8 Å². The number of likely N-dealkylation sites (tertiary alicyclic amines) is 2. The highest BCUT2D eigenvalue weighted by atomic mass is 16.5. The topological polar surface area (TPSA) is 37.8 Å². The lowest BCUT2D eigenvalue weighted by Gasteiger charge is -2.41. The van der Waals surface area contributed by atoms with E-state index in [9.17, 15) is 0 Å². The summed E-state index contributed by atoms with van der Waals surface area (Å²) in [5.41, 5.74) is 1.63. The smallest absolute Gasteiger partial charge is 0.0622 e. The van der Waals surface area contributed by atoms with E-state index in [1.54, 1.807) is 0 Å². The number of piperidine rings is 1. The molecule has 0 aromatic carbocycles. The van der Waals surface area contributed by atoms with E-state index < -0.39 is 0 Å². The summed E-state index contributed by atoms with van der Waals surface area (Å²) in [6.45, 7) is 7.29. The van der Waals surface area contributed by atoms with Crippen LogP contribution in [0.5, 0.6) is 0 Å². The van der Waals surface area contributed by atoms with Crippen LogP contribution in [0.2, 0.25) is 0 Å². The van der Waals surface area contributed by atoms with Crippen molar-refractivity contribution in [3.63, 3.8) is 0 Å². The van der Waals surface area contributed by atoms with E-state index in [0.29, 0.717) is 17.5 Å². The first-order chi connectivity index (χ1) is 12.3. The minimum atomic E-state index is 0.466. The summed E-state index contributed by atoms with van der Waals surface area (Å²) in [6, 6.07) is 7.40. The average molecular weight is 345 g/mol. The molecule has 0 bridgehead atoms. The fraction of sp³-hybridized carbons (Fsp3) is 0.750. The number of pyridine rings is 1. The fourth-order valence-corrected chi connectivity index (χ4v) is 5.03. The Kier molecular flexibility index (Phi) is 5.36. The van der Waals surface area contributed by atoms with Crippen molar-refractivity contribution in [3.05, 3.63) is 30.1 Å². The molecule has 1 aromatic heterocycles. The van der Waals surface area contributed by atoms with Crippen molar-refractivity contribution >= 4 is 0 Å². The Labute approximate surface area is 151 Å². The van der Waals surface area contributed by atoms with Crippen molar-refractivity contribution in [2.75, 3.05) is 46.6 Å². The van der Waals surface area contributed by atoms with Gasteiger partial charge < -0.3 is 9.47 Å². The van der Waals surface area contributed by atoms with Gasteiger partial charge in [0, 0.05) is 45.1 Å². The third-order valence-corrected chi connectivity index (χ3v) is 6.45. The summed E-state index contributed by atoms with van der Waals surface area (Å²) in [5, 5.41) is 0. The molecule has 0 amide bonds. The van der Waals surface area contributed by atoms with Gasteiger partial charge in [-0.1, -0.05) is 6.07 Å². The van der Waals surface area contributed by atoms with E-state index in [4.69, 9.17) is 9.47 Å². The summed E-state index contributed by atoms with van der Waals surface area (Å²) < 4.78 is 11.1. The first kappa shape index (κ1) is 17.4. The number of rotatable bonds is 5. The van der Waals surface area contributed by atoms with E-state index in [1.165, 1.54) is 51.0 Å². The van der Waals surface area contributed by atoms with Crippen molar-refractivity contribution in [3.8, 4) is 0 Å². The molecule has 0 N–H and O–H groups in total. The molecule has 0 unspecified atom stereocenters. The van der Waals surface area contributed by atoms with Gasteiger partial charge >= 0.3 is 0 Å². The van der Waals surface area contributed by atoms with Gasteiger partial charge in [-0.25, -0.2) is 0 Å². The standard InChI is InChI=1S/C20H31N3O2/c1-24-14-19-12-20(16-23(19)13-17-4-2-3-8-21-17)6-9-22(10-7-20)18-5-11-25-15-18/h2-4,8,18-19H,5-7,9-16H2,1H3/t18-,19+/m1/s1. The maximum absolute atomic E-state index is 5.59. The molecule has 25 heavy (non-hydrogen) atoms. The summed E-state index contributed by atoms with van der Waals surface area (Å²) >= 11 is 0. The van der Waals surface area contributed by atoms with Crippen molar-refractivity contribution < 1.29 is 9.47 Å². The molecule has 3 fully saturated rings. The van der Waals surface area contributed by atoms with Crippen LogP contribution in [-0.2, 0) is 16.0 Å². The van der Waals surface area contributed by atoms with Gasteiger partial charge in [0.25, 0.3) is 0 Å². The normalized spacial score (nSPS) is 30.3. The number of hydrogen-bond donors (Lipinski definition) is 0. The first-order valence-corrected chi connectivity index (χ1v) is 9.73. The van der Waals surface area contributed by atoms with Gasteiger partial charge in [0.2, 0.25) is 0 Å². The highest BCUT2D eigenvalue weighted by molar-refractivity contribution is 5.06. The molecule has 4 rings (SSSR count). The van der Waals surface area contributed by atoms with Crippen LogP contribution in [-0.4, -0.2) is 73.4 Å². The van der Waals surface area contributed by atoms with Crippen LogP contribution >= 0.6 is 0 Å². The van der Waals surface area contributed by atoms with Gasteiger partial charge in [-0.15, -0.1) is 0 Å². The van der Waals surface area contributed by atoms with Gasteiger partial charge in [-0.05, 0) is 56.3 Å². The molecule has 0 aliphatic carbocycles. The molecular weight excluding hydrogens is 314 g/mol. The zero-order chi connectivity index (χ0) is 17.1. The van der Waals surface area contributed by atoms with Crippen LogP contribution in [0.15, 0.2) is 24.4 Å². The van der Waals surface area contributed by atoms with Crippen LogP contribution in [0.4, 0.5) is 0 Å². The Bertz CT molecular complexity index is 539. The van der Waals surface area contributed by atoms with Crippen molar-refractivity contribution in [2.45, 2.75) is 44.3 Å². The van der Waals surface area contributed by atoms with E-state index in [-0.39, 0.29) is 0 Å². The molecule has 2 atom stereocenters. The lowest BCUT2D eigenvalue weighted by Crippen LogP contribution is -2.46. The monoisotopic (exact) mass is 345 g/mol. The Morgan fingerprint density at radius 3 is 2.88 bits per heavy atom. The number of aromatic nitrogens is 1. The summed E-state index contributed by atoms with van der Waals surface area (Å²) in [7, 11) is 1.83. The molecule has 5 heteroatoms. The van der Waals surface area contributed by atoms with Gasteiger partial charge in [0.15, 0.2) is 0 Å². The molecule has 138 valence electrons. The SMILES string of the molecule is COC[C@@H]1CC2(CCN([C@@H]3CCOC3)CC2)CN1Cc1ccccn1. The minimum absolute atomic E-state index is 0.466. The Morgan fingerprint density at radius 2 is 2.20 bits per heavy atom. The maximum Gasteiger partial charge on any atom is 0.0622 e. The third kappa shape index (κ3) is 3.90. The second-order valence-electron chi connectivity index (χ2n) is 8.09. The quantitative estimate of drug-likeness (QED) is 0.818. The van der Waals surface area contributed by atoms with Crippen molar-refractivity contribution in [2.24, 2.45) is 5.41 Å². The zero-order valence-electron chi connectivity index (χ0n) is 15.4. The third-order valence-electron chi connectivity index (χ3n) is 6.45. The van der Waals surface area contributed by atoms with Crippen LogP contribution in [0, 0.1) is 5.41 Å². The molecule has 0 radical (unpaired) electrons. The van der Waals surface area contributed by atoms with Gasteiger partial charge in [0.05, 0.1) is 18.9 Å². The predicted octanol–water partition coefficient (Wildman–Crippen LogP) is 2.17. The fourth-order valence-electron chi connectivity index (χ4n) is 5.03. The number of nitrogens with zero attached hydrogens (tertiary/aromatic N) is 3. The molecular formula is C20H31N3O2. The molecule has 3 saturated heterocycles. The maximum atomic E-state index is 5.59. The van der Waals surface area contributed by atoms with E-state index >= 15 is 0 Å². The number of methoxy groups -OCH3 is 1.